The van der Waals surface area contributed by atoms with Gasteiger partial charge in [0.15, 0.2) is 0 Å². The van der Waals surface area contributed by atoms with Crippen LogP contribution in [0, 0.1) is 5.92 Å². The van der Waals surface area contributed by atoms with E-state index >= 15 is 0 Å². The van der Waals surface area contributed by atoms with Gasteiger partial charge in [-0.2, -0.15) is 0 Å². The second-order valence-corrected chi connectivity index (χ2v) is 8.15. The van der Waals surface area contributed by atoms with Crippen LogP contribution in [-0.4, -0.2) is 46.9 Å². The lowest BCUT2D eigenvalue weighted by molar-refractivity contribution is 0.0216. The van der Waals surface area contributed by atoms with Crippen LogP contribution in [-0.2, 0) is 0 Å². The Morgan fingerprint density at radius 2 is 1.87 bits per heavy atom. The number of piperidine rings is 3. The summed E-state index contributed by atoms with van der Waals surface area (Å²) in [5.41, 5.74) is 1.38. The van der Waals surface area contributed by atoms with Crippen molar-refractivity contribution in [2.75, 3.05) is 18.4 Å². The Morgan fingerprint density at radius 1 is 1.10 bits per heavy atom. The summed E-state index contributed by atoms with van der Waals surface area (Å²) in [4.78, 5) is 31.9. The van der Waals surface area contributed by atoms with Crippen molar-refractivity contribution in [2.45, 2.75) is 31.8 Å². The van der Waals surface area contributed by atoms with E-state index in [1.807, 2.05) is 6.07 Å². The summed E-state index contributed by atoms with van der Waals surface area (Å²) >= 11 is 0. The monoisotopic (exact) mass is 404 g/mol. The summed E-state index contributed by atoms with van der Waals surface area (Å²) in [6.45, 7) is 4.42. The van der Waals surface area contributed by atoms with Crippen molar-refractivity contribution in [3.8, 4) is 0 Å². The summed E-state index contributed by atoms with van der Waals surface area (Å²) in [5.74, 6) is 0.413. The fraction of sp³-hybridized carbons (Fsp3) is 0.348. The number of rotatable bonds is 4. The molecule has 6 rings (SSSR count). The molecule has 0 aliphatic carbocycles. The zero-order chi connectivity index (χ0) is 20.7. The quantitative estimate of drug-likeness (QED) is 0.697. The molecule has 154 valence electrons. The summed E-state index contributed by atoms with van der Waals surface area (Å²) in [6, 6.07) is 12.8. The molecule has 3 aromatic rings. The third-order valence-corrected chi connectivity index (χ3v) is 6.38. The minimum Gasteiger partial charge on any atom is -0.440 e. The molecular weight excluding hydrogens is 380 g/mol. The van der Waals surface area contributed by atoms with Crippen molar-refractivity contribution >= 4 is 28.7 Å². The standard InChI is InChI=1S/C23H24N4O3/c1-14-21(15-7-9-27(14)10-8-15)26-23(29)18-12-19-17(13-24-18)11-20(30-19)25-22(28)16-5-3-2-4-6-16/h2-6,11-15,21H,7-10H2,1H3,(H,25,28)(H,26,29)/t14-,21-/m0/s1. The number of anilines is 1. The maximum absolute atomic E-state index is 12.8. The zero-order valence-electron chi connectivity index (χ0n) is 16.8. The van der Waals surface area contributed by atoms with Gasteiger partial charge in [0.1, 0.15) is 11.3 Å². The van der Waals surface area contributed by atoms with Gasteiger partial charge in [-0.3, -0.25) is 24.8 Å². The third-order valence-electron chi connectivity index (χ3n) is 6.38. The van der Waals surface area contributed by atoms with Gasteiger partial charge < -0.3 is 9.73 Å². The van der Waals surface area contributed by atoms with Gasteiger partial charge in [0.2, 0.25) is 5.88 Å². The Hall–Kier alpha value is -3.19. The van der Waals surface area contributed by atoms with Gasteiger partial charge in [0.05, 0.1) is 0 Å². The number of aromatic nitrogens is 1. The highest BCUT2D eigenvalue weighted by Crippen LogP contribution is 2.32. The van der Waals surface area contributed by atoms with Crippen LogP contribution >= 0.6 is 0 Å². The number of furan rings is 1. The lowest BCUT2D eigenvalue weighted by Crippen LogP contribution is -2.62. The summed E-state index contributed by atoms with van der Waals surface area (Å²) in [6.07, 6.45) is 3.86. The molecule has 3 aliphatic rings. The van der Waals surface area contributed by atoms with Gasteiger partial charge >= 0.3 is 0 Å². The van der Waals surface area contributed by atoms with Crippen molar-refractivity contribution in [1.29, 1.82) is 0 Å². The van der Waals surface area contributed by atoms with Gasteiger partial charge in [0, 0.05) is 41.4 Å². The fourth-order valence-corrected chi connectivity index (χ4v) is 4.66. The average Bonchev–Trinajstić information content (AvgIpc) is 3.18. The molecule has 30 heavy (non-hydrogen) atoms. The highest BCUT2D eigenvalue weighted by molar-refractivity contribution is 6.04. The highest BCUT2D eigenvalue weighted by atomic mass is 16.4. The minimum absolute atomic E-state index is 0.148. The Bertz CT molecular complexity index is 1080. The molecule has 7 nitrogen and oxygen atoms in total. The van der Waals surface area contributed by atoms with E-state index in [0.29, 0.717) is 34.7 Å². The van der Waals surface area contributed by atoms with Crippen molar-refractivity contribution in [3.63, 3.8) is 0 Å². The van der Waals surface area contributed by atoms with Crippen LogP contribution in [0.25, 0.3) is 11.0 Å². The molecule has 1 aromatic carbocycles. The number of pyridine rings is 1. The van der Waals surface area contributed by atoms with E-state index in [4.69, 9.17) is 4.42 Å². The first-order chi connectivity index (χ1) is 14.6. The fourth-order valence-electron chi connectivity index (χ4n) is 4.66. The number of hydrogen-bond donors (Lipinski definition) is 2. The number of amides is 2. The smallest absolute Gasteiger partial charge is 0.270 e. The van der Waals surface area contributed by atoms with Crippen molar-refractivity contribution in [2.24, 2.45) is 5.92 Å². The van der Waals surface area contributed by atoms with Gasteiger partial charge in [-0.05, 0) is 50.9 Å². The van der Waals surface area contributed by atoms with E-state index in [0.717, 1.165) is 31.3 Å². The molecule has 0 unspecified atom stereocenters. The van der Waals surface area contributed by atoms with Crippen LogP contribution in [0.15, 0.2) is 53.1 Å². The second-order valence-electron chi connectivity index (χ2n) is 8.15. The topological polar surface area (TPSA) is 87.5 Å². The average molecular weight is 404 g/mol. The van der Waals surface area contributed by atoms with E-state index < -0.39 is 0 Å². The van der Waals surface area contributed by atoms with E-state index in [1.165, 1.54) is 0 Å². The Balaban J connectivity index is 1.31. The molecule has 0 radical (unpaired) electrons. The van der Waals surface area contributed by atoms with E-state index in [9.17, 15) is 9.59 Å². The van der Waals surface area contributed by atoms with Gasteiger partial charge in [0.25, 0.3) is 11.8 Å². The maximum Gasteiger partial charge on any atom is 0.270 e. The molecule has 0 spiro atoms. The summed E-state index contributed by atoms with van der Waals surface area (Å²) in [7, 11) is 0. The van der Waals surface area contributed by atoms with Crippen LogP contribution in [0.2, 0.25) is 0 Å². The number of carbonyl (C=O) groups is 2. The van der Waals surface area contributed by atoms with Crippen LogP contribution in [0.3, 0.4) is 0 Å². The maximum atomic E-state index is 12.8. The lowest BCUT2D eigenvalue weighted by atomic mass is 9.79. The largest absolute Gasteiger partial charge is 0.440 e. The third kappa shape index (κ3) is 3.45. The van der Waals surface area contributed by atoms with E-state index in [2.05, 4.69) is 27.4 Å². The normalized spacial score (nSPS) is 25.2. The number of hydrogen-bond acceptors (Lipinski definition) is 5. The molecule has 0 saturated carbocycles. The molecule has 2 amide bonds. The van der Waals surface area contributed by atoms with E-state index in [1.54, 1.807) is 42.6 Å². The molecule has 3 fully saturated rings. The number of carbonyl (C=O) groups excluding carboxylic acids is 2. The predicted molar refractivity (Wildman–Crippen MR) is 113 cm³/mol. The summed E-state index contributed by atoms with van der Waals surface area (Å²) < 4.78 is 5.75. The lowest BCUT2D eigenvalue weighted by Gasteiger charge is -2.49. The van der Waals surface area contributed by atoms with E-state index in [-0.39, 0.29) is 17.9 Å². The molecule has 3 saturated heterocycles. The molecule has 2 bridgehead atoms. The minimum atomic E-state index is -0.253. The molecular formula is C23H24N4O3. The Morgan fingerprint density at radius 3 is 2.60 bits per heavy atom. The number of fused-ring (bicyclic) bond motifs is 4. The van der Waals surface area contributed by atoms with Gasteiger partial charge in [-0.15, -0.1) is 0 Å². The molecule has 2 atom stereocenters. The van der Waals surface area contributed by atoms with Crippen molar-refractivity contribution in [1.82, 2.24) is 15.2 Å². The van der Waals surface area contributed by atoms with Crippen LogP contribution < -0.4 is 10.6 Å². The van der Waals surface area contributed by atoms with Crippen LogP contribution in [0.5, 0.6) is 0 Å². The van der Waals surface area contributed by atoms with Gasteiger partial charge in [-0.25, -0.2) is 0 Å². The first kappa shape index (κ1) is 18.8. The number of nitrogens with one attached hydrogen (secondary N) is 2. The Labute approximate surface area is 174 Å². The predicted octanol–water partition coefficient (Wildman–Crippen LogP) is 3.29. The van der Waals surface area contributed by atoms with Gasteiger partial charge in [-0.1, -0.05) is 18.2 Å². The molecule has 3 aliphatic heterocycles. The number of nitrogens with zero attached hydrogens (tertiary/aromatic N) is 2. The summed E-state index contributed by atoms with van der Waals surface area (Å²) in [5, 5.41) is 6.66. The van der Waals surface area contributed by atoms with Crippen LogP contribution in [0.4, 0.5) is 5.88 Å². The molecule has 2 aromatic heterocycles. The van der Waals surface area contributed by atoms with Crippen molar-refractivity contribution < 1.29 is 14.0 Å². The van der Waals surface area contributed by atoms with Crippen molar-refractivity contribution in [3.05, 3.63) is 59.9 Å². The molecule has 7 heteroatoms. The Kier molecular flexibility index (Phi) is 4.75. The van der Waals surface area contributed by atoms with Crippen LogP contribution in [0.1, 0.15) is 40.6 Å². The zero-order valence-corrected chi connectivity index (χ0v) is 16.8. The molecule has 5 heterocycles. The highest BCUT2D eigenvalue weighted by Gasteiger charge is 2.40. The SMILES string of the molecule is C[C@H]1[C@H](NC(=O)c2cc3oc(NC(=O)c4ccccc4)cc3cn2)C2CCN1CC2. The number of benzene rings is 1. The first-order valence-corrected chi connectivity index (χ1v) is 10.4. The first-order valence-electron chi connectivity index (χ1n) is 10.4. The molecule has 2 N–H and O–H groups in total. The second kappa shape index (κ2) is 7.57.